The Morgan fingerprint density at radius 1 is 1.44 bits per heavy atom. The molecule has 1 aromatic rings. The second-order valence-corrected chi connectivity index (χ2v) is 3.87. The maximum atomic E-state index is 11.4. The third-order valence-corrected chi connectivity index (χ3v) is 2.68. The highest BCUT2D eigenvalue weighted by Crippen LogP contribution is 2.20. The normalized spacial score (nSPS) is 19.7. The van der Waals surface area contributed by atoms with Crippen molar-refractivity contribution in [2.24, 2.45) is 5.92 Å². The van der Waals surface area contributed by atoms with Gasteiger partial charge in [-0.05, 0) is 24.1 Å². The third-order valence-electron chi connectivity index (χ3n) is 2.68. The van der Waals surface area contributed by atoms with E-state index in [9.17, 15) is 9.59 Å². The molecule has 2 rings (SSSR count). The van der Waals surface area contributed by atoms with Crippen LogP contribution in [0.4, 0.5) is 0 Å². The molecule has 2 amide bonds. The fourth-order valence-corrected chi connectivity index (χ4v) is 1.86. The molecule has 0 radical (unpaired) electrons. The Balaban J connectivity index is 2.09. The summed E-state index contributed by atoms with van der Waals surface area (Å²) in [6.07, 6.45) is 0.866. The van der Waals surface area contributed by atoms with Crippen LogP contribution >= 0.6 is 0 Å². The van der Waals surface area contributed by atoms with Crippen LogP contribution in [0.25, 0.3) is 0 Å². The van der Waals surface area contributed by atoms with Crippen LogP contribution in [0.2, 0.25) is 0 Å². The molecule has 0 unspecified atom stereocenters. The standard InChI is InChI=1S/C12H13NO3/c1-16-10-4-2-3-8(6-10)5-9-7-11(14)13-12(9)15/h2-4,6,9H,5,7H2,1H3,(H,13,14,15)/t9-/m1/s1. The van der Waals surface area contributed by atoms with Gasteiger partial charge in [0.15, 0.2) is 0 Å². The molecule has 0 aromatic heterocycles. The molecule has 1 saturated heterocycles. The molecule has 1 heterocycles. The largest absolute Gasteiger partial charge is 0.497 e. The van der Waals surface area contributed by atoms with Gasteiger partial charge >= 0.3 is 0 Å². The summed E-state index contributed by atoms with van der Waals surface area (Å²) >= 11 is 0. The van der Waals surface area contributed by atoms with Gasteiger partial charge in [-0.25, -0.2) is 0 Å². The van der Waals surface area contributed by atoms with E-state index in [1.165, 1.54) is 0 Å². The predicted molar refractivity (Wildman–Crippen MR) is 58.0 cm³/mol. The molecule has 1 aromatic carbocycles. The van der Waals surface area contributed by atoms with Gasteiger partial charge in [0.2, 0.25) is 11.8 Å². The molecule has 0 saturated carbocycles. The molecule has 1 aliphatic rings. The first kappa shape index (κ1) is 10.7. The first-order chi connectivity index (χ1) is 7.69. The lowest BCUT2D eigenvalue weighted by Gasteiger charge is -2.07. The van der Waals surface area contributed by atoms with Crippen LogP contribution in [0.3, 0.4) is 0 Å². The van der Waals surface area contributed by atoms with Crippen LogP contribution in [0.5, 0.6) is 5.75 Å². The van der Waals surface area contributed by atoms with Gasteiger partial charge in [0.25, 0.3) is 0 Å². The maximum absolute atomic E-state index is 11.4. The summed E-state index contributed by atoms with van der Waals surface area (Å²) in [5.74, 6) is 0.174. The summed E-state index contributed by atoms with van der Waals surface area (Å²) in [5.41, 5.74) is 1.01. The number of methoxy groups -OCH3 is 1. The Labute approximate surface area is 93.6 Å². The summed E-state index contributed by atoms with van der Waals surface area (Å²) in [6, 6.07) is 7.54. The third kappa shape index (κ3) is 2.21. The molecule has 1 aliphatic heterocycles. The van der Waals surface area contributed by atoms with Crippen molar-refractivity contribution in [1.29, 1.82) is 0 Å². The van der Waals surface area contributed by atoms with Crippen LogP contribution in [0.1, 0.15) is 12.0 Å². The minimum absolute atomic E-state index is 0.173. The number of benzene rings is 1. The van der Waals surface area contributed by atoms with Crippen molar-refractivity contribution in [2.45, 2.75) is 12.8 Å². The van der Waals surface area contributed by atoms with Crippen LogP contribution in [0.15, 0.2) is 24.3 Å². The summed E-state index contributed by atoms with van der Waals surface area (Å²) in [5, 5.41) is 2.31. The van der Waals surface area contributed by atoms with Gasteiger partial charge in [0.1, 0.15) is 5.75 Å². The van der Waals surface area contributed by atoms with E-state index in [2.05, 4.69) is 5.32 Å². The van der Waals surface area contributed by atoms with Crippen LogP contribution in [0, 0.1) is 5.92 Å². The number of amides is 2. The van der Waals surface area contributed by atoms with Gasteiger partial charge in [-0.2, -0.15) is 0 Å². The van der Waals surface area contributed by atoms with Crippen molar-refractivity contribution in [3.63, 3.8) is 0 Å². The molecule has 1 fully saturated rings. The SMILES string of the molecule is COc1cccc(C[C@@H]2CC(=O)NC2=O)c1. The molecule has 4 heteroatoms. The molecular weight excluding hydrogens is 206 g/mol. The molecule has 16 heavy (non-hydrogen) atoms. The predicted octanol–water partition coefficient (Wildman–Crippen LogP) is 0.900. The van der Waals surface area contributed by atoms with Gasteiger partial charge in [-0.3, -0.25) is 14.9 Å². The van der Waals surface area contributed by atoms with E-state index >= 15 is 0 Å². The van der Waals surface area contributed by atoms with Crippen molar-refractivity contribution in [3.05, 3.63) is 29.8 Å². The number of carbonyl (C=O) groups is 2. The topological polar surface area (TPSA) is 55.4 Å². The number of ether oxygens (including phenoxy) is 1. The average Bonchev–Trinajstić information content (AvgIpc) is 2.58. The summed E-state index contributed by atoms with van der Waals surface area (Å²) in [6.45, 7) is 0. The molecule has 0 spiro atoms. The van der Waals surface area contributed by atoms with E-state index in [0.29, 0.717) is 6.42 Å². The number of nitrogens with one attached hydrogen (secondary N) is 1. The van der Waals surface area contributed by atoms with Gasteiger partial charge in [0, 0.05) is 6.42 Å². The second kappa shape index (κ2) is 4.35. The monoisotopic (exact) mass is 219 g/mol. The van der Waals surface area contributed by atoms with E-state index in [4.69, 9.17) is 4.74 Å². The van der Waals surface area contributed by atoms with Crippen LogP contribution in [-0.4, -0.2) is 18.9 Å². The highest BCUT2D eigenvalue weighted by molar-refractivity contribution is 6.03. The molecular formula is C12H13NO3. The smallest absolute Gasteiger partial charge is 0.230 e. The Morgan fingerprint density at radius 2 is 2.25 bits per heavy atom. The number of hydrogen-bond acceptors (Lipinski definition) is 3. The Hall–Kier alpha value is -1.84. The first-order valence-corrected chi connectivity index (χ1v) is 5.15. The minimum Gasteiger partial charge on any atom is -0.497 e. The zero-order valence-corrected chi connectivity index (χ0v) is 9.03. The fraction of sp³-hybridized carbons (Fsp3) is 0.333. The molecule has 4 nitrogen and oxygen atoms in total. The highest BCUT2D eigenvalue weighted by Gasteiger charge is 2.30. The molecule has 84 valence electrons. The Bertz CT molecular complexity index is 428. The van der Waals surface area contributed by atoms with Crippen molar-refractivity contribution in [3.8, 4) is 5.75 Å². The Kier molecular flexibility index (Phi) is 2.90. The van der Waals surface area contributed by atoms with Gasteiger partial charge in [-0.1, -0.05) is 12.1 Å². The van der Waals surface area contributed by atoms with E-state index in [0.717, 1.165) is 11.3 Å². The zero-order chi connectivity index (χ0) is 11.5. The number of rotatable bonds is 3. The van der Waals surface area contributed by atoms with E-state index in [-0.39, 0.29) is 24.2 Å². The lowest BCUT2D eigenvalue weighted by atomic mass is 9.98. The summed E-state index contributed by atoms with van der Waals surface area (Å²) in [7, 11) is 1.60. The summed E-state index contributed by atoms with van der Waals surface area (Å²) < 4.78 is 5.10. The first-order valence-electron chi connectivity index (χ1n) is 5.15. The van der Waals surface area contributed by atoms with Gasteiger partial charge in [-0.15, -0.1) is 0 Å². The zero-order valence-electron chi connectivity index (χ0n) is 9.03. The highest BCUT2D eigenvalue weighted by atomic mass is 16.5. The molecule has 1 N–H and O–H groups in total. The summed E-state index contributed by atoms with van der Waals surface area (Å²) in [4.78, 5) is 22.4. The molecule has 0 bridgehead atoms. The maximum Gasteiger partial charge on any atom is 0.230 e. The van der Waals surface area contributed by atoms with E-state index in [1.807, 2.05) is 24.3 Å². The number of carbonyl (C=O) groups excluding carboxylic acids is 2. The quantitative estimate of drug-likeness (QED) is 0.768. The van der Waals surface area contributed by atoms with Crippen molar-refractivity contribution in [2.75, 3.05) is 7.11 Å². The van der Waals surface area contributed by atoms with Crippen molar-refractivity contribution in [1.82, 2.24) is 5.32 Å². The van der Waals surface area contributed by atoms with E-state index in [1.54, 1.807) is 7.11 Å². The lowest BCUT2D eigenvalue weighted by Crippen LogP contribution is -2.22. The van der Waals surface area contributed by atoms with Crippen LogP contribution in [-0.2, 0) is 16.0 Å². The van der Waals surface area contributed by atoms with Crippen LogP contribution < -0.4 is 10.1 Å². The minimum atomic E-state index is -0.236. The van der Waals surface area contributed by atoms with Crippen molar-refractivity contribution < 1.29 is 14.3 Å². The number of hydrogen-bond donors (Lipinski definition) is 1. The second-order valence-electron chi connectivity index (χ2n) is 3.87. The average molecular weight is 219 g/mol. The fourth-order valence-electron chi connectivity index (χ4n) is 1.86. The van der Waals surface area contributed by atoms with Crippen molar-refractivity contribution >= 4 is 11.8 Å². The van der Waals surface area contributed by atoms with E-state index < -0.39 is 0 Å². The van der Waals surface area contributed by atoms with Gasteiger partial charge in [0.05, 0.1) is 13.0 Å². The van der Waals surface area contributed by atoms with Gasteiger partial charge < -0.3 is 4.74 Å². The number of imide groups is 1. The molecule has 1 atom stereocenters. The Morgan fingerprint density at radius 3 is 2.88 bits per heavy atom. The molecule has 0 aliphatic carbocycles. The lowest BCUT2D eigenvalue weighted by molar-refractivity contribution is -0.125.